The quantitative estimate of drug-likeness (QED) is 0.828. The fraction of sp³-hybridized carbons (Fsp3) is 0.478. The highest BCUT2D eigenvalue weighted by atomic mass is 16.3. The maximum Gasteiger partial charge on any atom is 0.178 e. The Morgan fingerprint density at radius 1 is 1.21 bits per heavy atom. The summed E-state index contributed by atoms with van der Waals surface area (Å²) >= 11 is 0. The molecule has 2 aliphatic rings. The molecule has 2 bridgehead atoms. The Morgan fingerprint density at radius 2 is 1.82 bits per heavy atom. The van der Waals surface area contributed by atoms with Crippen molar-refractivity contribution in [3.8, 4) is 11.8 Å². The van der Waals surface area contributed by atoms with Crippen LogP contribution in [0, 0.1) is 25.2 Å². The lowest BCUT2D eigenvalue weighted by molar-refractivity contribution is -0.0360. The number of carbonyl (C=O) groups excluding carboxylic acids is 1. The van der Waals surface area contributed by atoms with Crippen molar-refractivity contribution in [2.75, 3.05) is 6.54 Å². The topological polar surface area (TPSA) is 69.3 Å². The lowest BCUT2D eigenvalue weighted by Gasteiger charge is -2.41. The summed E-state index contributed by atoms with van der Waals surface area (Å²) in [5, 5.41) is 19.4. The van der Waals surface area contributed by atoms with Crippen molar-refractivity contribution in [1.29, 1.82) is 5.26 Å². The average molecular weight is 377 g/mol. The number of carbonyl (C=O) groups is 1. The van der Waals surface area contributed by atoms with Gasteiger partial charge in [-0.3, -0.25) is 9.69 Å². The van der Waals surface area contributed by atoms with Gasteiger partial charge in [0.2, 0.25) is 0 Å². The molecule has 2 saturated heterocycles. The van der Waals surface area contributed by atoms with E-state index in [0.717, 1.165) is 48.3 Å². The molecule has 1 aromatic carbocycles. The number of ketones is 1. The van der Waals surface area contributed by atoms with Crippen LogP contribution in [0.5, 0.6) is 0 Å². The molecule has 0 unspecified atom stereocenters. The van der Waals surface area contributed by atoms with Gasteiger partial charge in [-0.15, -0.1) is 0 Å². The molecule has 0 amide bonds. The molecule has 1 aromatic heterocycles. The maximum absolute atomic E-state index is 13.2. The van der Waals surface area contributed by atoms with Crippen molar-refractivity contribution in [2.24, 2.45) is 0 Å². The Morgan fingerprint density at radius 3 is 2.39 bits per heavy atom. The van der Waals surface area contributed by atoms with E-state index >= 15 is 0 Å². The van der Waals surface area contributed by atoms with Crippen LogP contribution in [0.25, 0.3) is 5.69 Å². The Hall–Kier alpha value is -2.42. The van der Waals surface area contributed by atoms with Gasteiger partial charge >= 0.3 is 0 Å². The molecule has 0 saturated carbocycles. The van der Waals surface area contributed by atoms with Gasteiger partial charge in [0.25, 0.3) is 0 Å². The van der Waals surface area contributed by atoms with Gasteiger partial charge in [-0.05, 0) is 76.8 Å². The smallest absolute Gasteiger partial charge is 0.178 e. The lowest BCUT2D eigenvalue weighted by Crippen LogP contribution is -2.51. The van der Waals surface area contributed by atoms with Crippen molar-refractivity contribution >= 4 is 5.78 Å². The van der Waals surface area contributed by atoms with Crippen molar-refractivity contribution in [3.05, 3.63) is 52.8 Å². The normalized spacial score (nSPS) is 27.0. The van der Waals surface area contributed by atoms with E-state index in [1.54, 1.807) is 12.1 Å². The van der Waals surface area contributed by atoms with Crippen LogP contribution in [0.4, 0.5) is 0 Å². The zero-order valence-electron chi connectivity index (χ0n) is 16.8. The summed E-state index contributed by atoms with van der Waals surface area (Å²) in [7, 11) is 0. The van der Waals surface area contributed by atoms with Crippen molar-refractivity contribution < 1.29 is 9.90 Å². The Balaban J connectivity index is 1.57. The SMILES string of the molecule is Cc1cc(C(=O)CN2[C@@H]3CC[C@H]2C[C@@](C)(O)C3)c(C)n1-c1ccc(C#N)cc1. The number of aliphatic hydroxyl groups is 1. The highest BCUT2D eigenvalue weighted by molar-refractivity contribution is 5.99. The standard InChI is InChI=1S/C23H27N3O2/c1-15-10-21(16(2)26(15)18-6-4-17(13-24)5-7-18)22(27)14-25-19-8-9-20(25)12-23(3,28)11-19/h4-7,10,19-20,28H,8-9,11-12,14H2,1-3H3/t19-,20+,23+. The molecule has 2 aliphatic heterocycles. The second-order valence-electron chi connectivity index (χ2n) is 8.66. The minimum atomic E-state index is -0.600. The van der Waals surface area contributed by atoms with E-state index in [2.05, 4.69) is 15.5 Å². The zero-order chi connectivity index (χ0) is 20.1. The Kier molecular flexibility index (Phi) is 4.65. The van der Waals surface area contributed by atoms with Gasteiger partial charge in [-0.1, -0.05) is 0 Å². The van der Waals surface area contributed by atoms with Gasteiger partial charge in [0.1, 0.15) is 0 Å². The number of piperidine rings is 1. The van der Waals surface area contributed by atoms with E-state index in [4.69, 9.17) is 5.26 Å². The molecule has 0 radical (unpaired) electrons. The van der Waals surface area contributed by atoms with Crippen LogP contribution in [0.3, 0.4) is 0 Å². The first-order valence-corrected chi connectivity index (χ1v) is 10.00. The molecule has 28 heavy (non-hydrogen) atoms. The van der Waals surface area contributed by atoms with Crippen LogP contribution in [0.1, 0.15) is 59.9 Å². The van der Waals surface area contributed by atoms with Gasteiger partial charge in [-0.2, -0.15) is 5.26 Å². The molecule has 0 spiro atoms. The average Bonchev–Trinajstić information content (AvgIpc) is 3.08. The first-order chi connectivity index (χ1) is 13.3. The summed E-state index contributed by atoms with van der Waals surface area (Å²) in [6, 6.07) is 12.1. The van der Waals surface area contributed by atoms with Gasteiger partial charge in [0.15, 0.2) is 5.78 Å². The number of aromatic nitrogens is 1. The lowest BCUT2D eigenvalue weighted by atomic mass is 9.87. The Labute approximate surface area is 166 Å². The van der Waals surface area contributed by atoms with E-state index in [1.165, 1.54) is 0 Å². The van der Waals surface area contributed by atoms with Crippen molar-refractivity contribution in [1.82, 2.24) is 9.47 Å². The highest BCUT2D eigenvalue weighted by Crippen LogP contribution is 2.40. The molecule has 1 N–H and O–H groups in total. The van der Waals surface area contributed by atoms with Crippen LogP contribution in [0.15, 0.2) is 30.3 Å². The molecular weight excluding hydrogens is 350 g/mol. The third-order valence-electron chi connectivity index (χ3n) is 6.43. The van der Waals surface area contributed by atoms with Crippen LogP contribution in [0.2, 0.25) is 0 Å². The molecule has 146 valence electrons. The zero-order valence-corrected chi connectivity index (χ0v) is 16.8. The predicted molar refractivity (Wildman–Crippen MR) is 108 cm³/mol. The third kappa shape index (κ3) is 3.28. The van der Waals surface area contributed by atoms with Gasteiger partial charge in [0.05, 0.1) is 23.8 Å². The number of benzene rings is 1. The van der Waals surface area contributed by atoms with Crippen LogP contribution < -0.4 is 0 Å². The fourth-order valence-electron chi connectivity index (χ4n) is 5.19. The maximum atomic E-state index is 13.2. The minimum Gasteiger partial charge on any atom is -0.390 e. The number of Topliss-reactive ketones (excluding diaryl/α,β-unsaturated/α-hetero) is 1. The largest absolute Gasteiger partial charge is 0.390 e. The molecule has 3 heterocycles. The molecular formula is C23H27N3O2. The summed E-state index contributed by atoms with van der Waals surface area (Å²) in [6.07, 6.45) is 3.64. The van der Waals surface area contributed by atoms with Crippen LogP contribution >= 0.6 is 0 Å². The summed E-state index contributed by atoms with van der Waals surface area (Å²) in [6.45, 7) is 6.32. The number of aryl methyl sites for hydroxylation is 1. The van der Waals surface area contributed by atoms with E-state index in [9.17, 15) is 9.90 Å². The van der Waals surface area contributed by atoms with E-state index in [0.29, 0.717) is 24.2 Å². The highest BCUT2D eigenvalue weighted by Gasteiger charge is 2.45. The predicted octanol–water partition coefficient (Wildman–Crippen LogP) is 3.53. The van der Waals surface area contributed by atoms with Gasteiger partial charge < -0.3 is 9.67 Å². The molecule has 2 fully saturated rings. The van der Waals surface area contributed by atoms with Crippen molar-refractivity contribution in [3.63, 3.8) is 0 Å². The van der Waals surface area contributed by atoms with Crippen LogP contribution in [-0.2, 0) is 0 Å². The van der Waals surface area contributed by atoms with Gasteiger partial charge in [-0.25, -0.2) is 0 Å². The first-order valence-electron chi connectivity index (χ1n) is 10.00. The Bertz CT molecular complexity index is 933. The number of rotatable bonds is 4. The number of nitrogens with zero attached hydrogens (tertiary/aromatic N) is 3. The summed E-state index contributed by atoms with van der Waals surface area (Å²) in [4.78, 5) is 15.5. The first kappa shape index (κ1) is 18.9. The summed E-state index contributed by atoms with van der Waals surface area (Å²) in [5.74, 6) is 0.145. The van der Waals surface area contributed by atoms with E-state index < -0.39 is 5.60 Å². The van der Waals surface area contributed by atoms with Crippen LogP contribution in [-0.4, -0.2) is 44.6 Å². The molecule has 3 atom stereocenters. The number of hydrogen-bond acceptors (Lipinski definition) is 4. The molecule has 2 aromatic rings. The third-order valence-corrected chi connectivity index (χ3v) is 6.43. The second kappa shape index (κ2) is 6.88. The molecule has 5 heteroatoms. The van der Waals surface area contributed by atoms with E-state index in [-0.39, 0.29) is 5.78 Å². The number of nitriles is 1. The number of fused-ring (bicyclic) bond motifs is 2. The number of hydrogen-bond donors (Lipinski definition) is 1. The fourth-order valence-corrected chi connectivity index (χ4v) is 5.19. The van der Waals surface area contributed by atoms with Crippen molar-refractivity contribution in [2.45, 2.75) is 64.1 Å². The second-order valence-corrected chi connectivity index (χ2v) is 8.66. The molecule has 4 rings (SSSR count). The van der Waals surface area contributed by atoms with E-state index in [1.807, 2.05) is 39.0 Å². The monoisotopic (exact) mass is 377 g/mol. The summed E-state index contributed by atoms with van der Waals surface area (Å²) in [5.41, 5.74) is 3.69. The molecule has 0 aliphatic carbocycles. The molecule has 5 nitrogen and oxygen atoms in total. The van der Waals surface area contributed by atoms with Gasteiger partial charge in [0, 0.05) is 34.7 Å². The summed E-state index contributed by atoms with van der Waals surface area (Å²) < 4.78 is 2.07. The minimum absolute atomic E-state index is 0.145.